The Labute approximate surface area is 182 Å². The van der Waals surface area contributed by atoms with E-state index in [2.05, 4.69) is 71.9 Å². The SMILES string of the molecule is CN=C(NCc1nccn1Cc1ccccc1)NCC(c1cccs1)N1CCCC1. The average Bonchev–Trinajstić information content (AvgIpc) is 3.55. The number of thiophene rings is 1. The molecular weight excluding hydrogens is 392 g/mol. The van der Waals surface area contributed by atoms with E-state index < -0.39 is 0 Å². The summed E-state index contributed by atoms with van der Waals surface area (Å²) in [5, 5.41) is 9.13. The number of imidazole rings is 1. The quantitative estimate of drug-likeness (QED) is 0.431. The van der Waals surface area contributed by atoms with Gasteiger partial charge in [-0.2, -0.15) is 0 Å². The summed E-state index contributed by atoms with van der Waals surface area (Å²) in [4.78, 5) is 12.9. The minimum atomic E-state index is 0.395. The summed E-state index contributed by atoms with van der Waals surface area (Å²) in [6.07, 6.45) is 6.47. The lowest BCUT2D eigenvalue weighted by Gasteiger charge is -2.27. The summed E-state index contributed by atoms with van der Waals surface area (Å²) >= 11 is 1.84. The Bertz CT molecular complexity index is 912. The van der Waals surface area contributed by atoms with Gasteiger partial charge in [0, 0.05) is 37.4 Å². The Morgan fingerprint density at radius 2 is 1.97 bits per heavy atom. The zero-order valence-corrected chi connectivity index (χ0v) is 18.3. The van der Waals surface area contributed by atoms with E-state index in [1.165, 1.54) is 36.4 Å². The summed E-state index contributed by atoms with van der Waals surface area (Å²) in [6.45, 7) is 4.64. The second-order valence-corrected chi connectivity index (χ2v) is 8.52. The van der Waals surface area contributed by atoms with Crippen LogP contribution >= 0.6 is 11.3 Å². The first-order valence-corrected chi connectivity index (χ1v) is 11.5. The molecule has 0 spiro atoms. The fourth-order valence-electron chi connectivity index (χ4n) is 3.95. The van der Waals surface area contributed by atoms with Gasteiger partial charge in [-0.05, 0) is 42.9 Å². The molecule has 3 aromatic rings. The Kier molecular flexibility index (Phi) is 7.16. The number of benzene rings is 1. The average molecular weight is 423 g/mol. The van der Waals surface area contributed by atoms with Gasteiger partial charge in [0.05, 0.1) is 12.6 Å². The summed E-state index contributed by atoms with van der Waals surface area (Å²) in [5.41, 5.74) is 1.27. The van der Waals surface area contributed by atoms with Gasteiger partial charge in [0.25, 0.3) is 0 Å². The fourth-order valence-corrected chi connectivity index (χ4v) is 4.81. The summed E-state index contributed by atoms with van der Waals surface area (Å²) in [5.74, 6) is 1.81. The van der Waals surface area contributed by atoms with Crippen molar-refractivity contribution in [2.75, 3.05) is 26.7 Å². The maximum atomic E-state index is 4.53. The van der Waals surface area contributed by atoms with Crippen LogP contribution in [0.25, 0.3) is 0 Å². The fraction of sp³-hybridized carbons (Fsp3) is 0.391. The molecule has 2 N–H and O–H groups in total. The molecule has 7 heteroatoms. The first kappa shape index (κ1) is 20.6. The lowest BCUT2D eigenvalue weighted by atomic mass is 10.2. The van der Waals surface area contributed by atoms with Gasteiger partial charge in [-0.1, -0.05) is 36.4 Å². The van der Waals surface area contributed by atoms with Crippen molar-refractivity contribution in [2.24, 2.45) is 4.99 Å². The van der Waals surface area contributed by atoms with Gasteiger partial charge in [-0.3, -0.25) is 9.89 Å². The van der Waals surface area contributed by atoms with E-state index >= 15 is 0 Å². The van der Waals surface area contributed by atoms with Crippen LogP contribution in [-0.4, -0.2) is 47.1 Å². The van der Waals surface area contributed by atoms with Crippen molar-refractivity contribution in [1.29, 1.82) is 0 Å². The zero-order chi connectivity index (χ0) is 20.6. The van der Waals surface area contributed by atoms with Crippen LogP contribution in [0.5, 0.6) is 0 Å². The first-order chi connectivity index (χ1) is 14.8. The summed E-state index contributed by atoms with van der Waals surface area (Å²) in [6, 6.07) is 15.2. The van der Waals surface area contributed by atoms with Gasteiger partial charge in [0.15, 0.2) is 5.96 Å². The van der Waals surface area contributed by atoms with Crippen molar-refractivity contribution in [3.05, 3.63) is 76.5 Å². The van der Waals surface area contributed by atoms with E-state index in [1.54, 1.807) is 0 Å². The van der Waals surface area contributed by atoms with Crippen molar-refractivity contribution >= 4 is 17.3 Å². The van der Waals surface area contributed by atoms with Crippen LogP contribution in [-0.2, 0) is 13.1 Å². The maximum Gasteiger partial charge on any atom is 0.191 e. The molecule has 1 aromatic carbocycles. The molecule has 3 heterocycles. The van der Waals surface area contributed by atoms with E-state index in [1.807, 2.05) is 36.8 Å². The smallest absolute Gasteiger partial charge is 0.191 e. The number of nitrogens with zero attached hydrogens (tertiary/aromatic N) is 4. The van der Waals surface area contributed by atoms with Crippen molar-refractivity contribution in [2.45, 2.75) is 32.0 Å². The molecule has 158 valence electrons. The predicted octanol–water partition coefficient (Wildman–Crippen LogP) is 3.50. The molecule has 6 nitrogen and oxygen atoms in total. The molecule has 1 saturated heterocycles. The van der Waals surface area contributed by atoms with Crippen LogP contribution in [0.2, 0.25) is 0 Å². The highest BCUT2D eigenvalue weighted by atomic mass is 32.1. The van der Waals surface area contributed by atoms with Crippen LogP contribution < -0.4 is 10.6 Å². The van der Waals surface area contributed by atoms with Crippen molar-refractivity contribution in [3.63, 3.8) is 0 Å². The molecule has 2 aromatic heterocycles. The highest BCUT2D eigenvalue weighted by Gasteiger charge is 2.24. The first-order valence-electron chi connectivity index (χ1n) is 10.6. The van der Waals surface area contributed by atoms with Gasteiger partial charge in [-0.15, -0.1) is 11.3 Å². The molecular formula is C23H30N6S. The van der Waals surface area contributed by atoms with Crippen molar-refractivity contribution in [1.82, 2.24) is 25.1 Å². The highest BCUT2D eigenvalue weighted by Crippen LogP contribution is 2.27. The molecule has 0 amide bonds. The molecule has 1 aliphatic rings. The molecule has 0 aliphatic carbocycles. The lowest BCUT2D eigenvalue weighted by Crippen LogP contribution is -2.42. The third-order valence-electron chi connectivity index (χ3n) is 5.55. The van der Waals surface area contributed by atoms with Gasteiger partial charge < -0.3 is 15.2 Å². The van der Waals surface area contributed by atoms with Crippen LogP contribution in [0, 0.1) is 0 Å². The maximum absolute atomic E-state index is 4.53. The number of aliphatic imine (C=N–C) groups is 1. The Morgan fingerprint density at radius 3 is 2.70 bits per heavy atom. The molecule has 1 atom stereocenters. The third kappa shape index (κ3) is 5.29. The number of hydrogen-bond acceptors (Lipinski definition) is 4. The van der Waals surface area contributed by atoms with Crippen LogP contribution in [0.3, 0.4) is 0 Å². The molecule has 1 aliphatic heterocycles. The van der Waals surface area contributed by atoms with Gasteiger partial charge in [0.1, 0.15) is 5.82 Å². The zero-order valence-electron chi connectivity index (χ0n) is 17.5. The number of rotatable bonds is 8. The van der Waals surface area contributed by atoms with Crippen LogP contribution in [0.4, 0.5) is 0 Å². The number of guanidine groups is 1. The molecule has 0 bridgehead atoms. The third-order valence-corrected chi connectivity index (χ3v) is 6.52. The van der Waals surface area contributed by atoms with Gasteiger partial charge in [0.2, 0.25) is 0 Å². The Morgan fingerprint density at radius 1 is 1.13 bits per heavy atom. The number of nitrogens with one attached hydrogen (secondary N) is 2. The molecule has 0 radical (unpaired) electrons. The largest absolute Gasteiger partial charge is 0.354 e. The van der Waals surface area contributed by atoms with Gasteiger partial charge in [-0.25, -0.2) is 4.98 Å². The van der Waals surface area contributed by atoms with Gasteiger partial charge >= 0.3 is 0 Å². The minimum absolute atomic E-state index is 0.395. The Hall–Kier alpha value is -2.64. The normalized spacial score (nSPS) is 16.0. The molecule has 0 saturated carbocycles. The Balaban J connectivity index is 1.34. The number of aromatic nitrogens is 2. The second-order valence-electron chi connectivity index (χ2n) is 7.54. The van der Waals surface area contributed by atoms with Crippen molar-refractivity contribution < 1.29 is 0 Å². The highest BCUT2D eigenvalue weighted by molar-refractivity contribution is 7.10. The van der Waals surface area contributed by atoms with Crippen LogP contribution in [0.1, 0.15) is 35.1 Å². The lowest BCUT2D eigenvalue weighted by molar-refractivity contribution is 0.249. The topological polar surface area (TPSA) is 57.5 Å². The second kappa shape index (κ2) is 10.4. The molecule has 1 fully saturated rings. The molecule has 30 heavy (non-hydrogen) atoms. The van der Waals surface area contributed by atoms with E-state index in [0.717, 1.165) is 24.9 Å². The van der Waals surface area contributed by atoms with Crippen molar-refractivity contribution in [3.8, 4) is 0 Å². The standard InChI is InChI=1S/C23H30N6S/c1-24-23(26-16-20(21-10-7-15-30-21)28-12-5-6-13-28)27-17-22-25-11-14-29(22)18-19-8-3-2-4-9-19/h2-4,7-11,14-15,20H,5-6,12-13,16-18H2,1H3,(H2,24,26,27). The molecule has 1 unspecified atom stereocenters. The van der Waals surface area contributed by atoms with E-state index in [-0.39, 0.29) is 0 Å². The minimum Gasteiger partial charge on any atom is -0.354 e. The number of likely N-dealkylation sites (tertiary alicyclic amines) is 1. The number of hydrogen-bond donors (Lipinski definition) is 2. The molecule has 4 rings (SSSR count). The van der Waals surface area contributed by atoms with E-state index in [9.17, 15) is 0 Å². The van der Waals surface area contributed by atoms with E-state index in [4.69, 9.17) is 0 Å². The summed E-state index contributed by atoms with van der Waals surface area (Å²) in [7, 11) is 1.82. The summed E-state index contributed by atoms with van der Waals surface area (Å²) < 4.78 is 2.17. The van der Waals surface area contributed by atoms with Crippen LogP contribution in [0.15, 0.2) is 65.2 Å². The predicted molar refractivity (Wildman–Crippen MR) is 124 cm³/mol. The van der Waals surface area contributed by atoms with E-state index in [0.29, 0.717) is 12.6 Å². The monoisotopic (exact) mass is 422 g/mol.